The number of aldehydes is 1. The summed E-state index contributed by atoms with van der Waals surface area (Å²) in [6.45, 7) is 3.75. The van der Waals surface area contributed by atoms with Crippen LogP contribution in [0.2, 0.25) is 0 Å². The van der Waals surface area contributed by atoms with Crippen LogP contribution in [0.5, 0.6) is 0 Å². The molecule has 12 heteroatoms. The van der Waals surface area contributed by atoms with Crippen LogP contribution in [0.1, 0.15) is 27.0 Å². The van der Waals surface area contributed by atoms with Gasteiger partial charge in [-0.15, -0.1) is 0 Å². The van der Waals surface area contributed by atoms with Gasteiger partial charge in [0.25, 0.3) is 5.91 Å². The van der Waals surface area contributed by atoms with Gasteiger partial charge in [0.1, 0.15) is 0 Å². The average molecular weight is 385 g/mol. The predicted octanol–water partition coefficient (Wildman–Crippen LogP) is -0.699. The van der Waals surface area contributed by atoms with Crippen LogP contribution in [-0.2, 0) is 33.4 Å². The largest absolute Gasteiger partial charge is 0.456 e. The van der Waals surface area contributed by atoms with Crippen LogP contribution in [0.3, 0.4) is 0 Å². The highest BCUT2D eigenvalue weighted by molar-refractivity contribution is 6.29. The van der Waals surface area contributed by atoms with Crippen LogP contribution in [-0.4, -0.2) is 52.0 Å². The fourth-order valence-electron chi connectivity index (χ4n) is 2.56. The number of carbonyl (C=O) groups excluding carboxylic acids is 4. The molecule has 1 fully saturated rings. The van der Waals surface area contributed by atoms with Crippen LogP contribution in [0.15, 0.2) is 11.0 Å². The van der Waals surface area contributed by atoms with E-state index in [1.54, 1.807) is 5.32 Å². The zero-order valence-corrected chi connectivity index (χ0v) is 14.5. The molecule has 1 aliphatic heterocycles. The topological polar surface area (TPSA) is 143 Å². The van der Waals surface area contributed by atoms with E-state index in [2.05, 4.69) is 4.98 Å². The van der Waals surface area contributed by atoms with Crippen molar-refractivity contribution in [2.24, 2.45) is 0 Å². The number of rotatable bonds is 5. The Hall–Kier alpha value is -3.15. The van der Waals surface area contributed by atoms with Crippen LogP contribution >= 0.6 is 0 Å². The number of nitrogens with zero attached hydrogens (tertiary/aromatic N) is 2. The van der Waals surface area contributed by atoms with Gasteiger partial charge in [-0.05, 0) is 6.92 Å². The van der Waals surface area contributed by atoms with Gasteiger partial charge in [0, 0.05) is 13.8 Å². The van der Waals surface area contributed by atoms with Crippen molar-refractivity contribution in [2.45, 2.75) is 45.3 Å². The van der Waals surface area contributed by atoms with E-state index in [0.717, 1.165) is 13.8 Å². The van der Waals surface area contributed by atoms with Crippen LogP contribution in [0, 0.1) is 5.82 Å². The lowest BCUT2D eigenvalue weighted by molar-refractivity contribution is -0.165. The summed E-state index contributed by atoms with van der Waals surface area (Å²) in [6, 6.07) is 0. The molecule has 0 aliphatic carbocycles. The van der Waals surface area contributed by atoms with Gasteiger partial charge in [-0.1, -0.05) is 0 Å². The Morgan fingerprint density at radius 1 is 1.26 bits per heavy atom. The number of hydrogen-bond acceptors (Lipinski definition) is 9. The van der Waals surface area contributed by atoms with Gasteiger partial charge in [-0.25, -0.2) is 9.18 Å². The second-order valence-corrected chi connectivity index (χ2v) is 5.61. The van der Waals surface area contributed by atoms with Crippen molar-refractivity contribution in [3.05, 3.63) is 22.5 Å². The van der Waals surface area contributed by atoms with E-state index < -0.39 is 59.7 Å². The predicted molar refractivity (Wildman–Crippen MR) is 83.8 cm³/mol. The molecule has 1 aromatic heterocycles. The van der Waals surface area contributed by atoms with Crippen molar-refractivity contribution >= 4 is 29.9 Å². The second kappa shape index (κ2) is 8.03. The number of carbonyl (C=O) groups is 4. The van der Waals surface area contributed by atoms with Crippen LogP contribution in [0.4, 0.5) is 10.2 Å². The number of nitrogens with one attached hydrogen (secondary N) is 1. The molecule has 1 N–H and O–H groups in total. The highest BCUT2D eigenvalue weighted by Gasteiger charge is 2.48. The molecule has 0 aromatic carbocycles. The van der Waals surface area contributed by atoms with E-state index in [9.17, 15) is 28.4 Å². The minimum atomic E-state index is -1.33. The molecule has 1 aromatic rings. The molecule has 2 heterocycles. The van der Waals surface area contributed by atoms with Crippen molar-refractivity contribution in [1.29, 1.82) is 0 Å². The highest BCUT2D eigenvalue weighted by Crippen LogP contribution is 2.33. The van der Waals surface area contributed by atoms with Gasteiger partial charge in [-0.3, -0.25) is 23.7 Å². The lowest BCUT2D eigenvalue weighted by Crippen LogP contribution is -2.40. The molecule has 11 nitrogen and oxygen atoms in total. The first-order valence-electron chi connectivity index (χ1n) is 7.68. The van der Waals surface area contributed by atoms with Gasteiger partial charge in [-0.2, -0.15) is 4.98 Å². The van der Waals surface area contributed by atoms with Gasteiger partial charge >= 0.3 is 17.6 Å². The lowest BCUT2D eigenvalue weighted by atomic mass is 10.1. The molecule has 4 atom stereocenters. The first-order chi connectivity index (χ1) is 12.6. The summed E-state index contributed by atoms with van der Waals surface area (Å²) in [4.78, 5) is 59.6. The number of halogens is 1. The van der Waals surface area contributed by atoms with Gasteiger partial charge in [0.15, 0.2) is 30.1 Å². The second-order valence-electron chi connectivity index (χ2n) is 5.61. The molecule has 1 saturated heterocycles. The number of ether oxygens (including phenoxy) is 3. The fraction of sp³-hybridized carbons (Fsp3) is 0.467. The SMILES string of the molecule is CC(=O)O[C@@H]1[C@H](OC(C)=O)[C@@H](C)O[C@H]1n1cc(F)c(NC(=O)C=O)nc1=O. The first kappa shape index (κ1) is 20.2. The Morgan fingerprint density at radius 3 is 2.41 bits per heavy atom. The summed E-state index contributed by atoms with van der Waals surface area (Å²) in [5, 5.41) is 1.80. The molecule has 146 valence electrons. The zero-order chi connectivity index (χ0) is 20.3. The maximum absolute atomic E-state index is 14.2. The van der Waals surface area contributed by atoms with Crippen molar-refractivity contribution < 1.29 is 37.8 Å². The third-order valence-corrected chi connectivity index (χ3v) is 3.56. The van der Waals surface area contributed by atoms with E-state index in [0.29, 0.717) is 10.8 Å². The number of esters is 2. The summed E-state index contributed by atoms with van der Waals surface area (Å²) in [7, 11) is 0. The molecule has 2 rings (SSSR count). The zero-order valence-electron chi connectivity index (χ0n) is 14.5. The molecule has 1 aliphatic rings. The molecule has 0 saturated carbocycles. The maximum Gasteiger partial charge on any atom is 0.351 e. The van der Waals surface area contributed by atoms with E-state index in [1.807, 2.05) is 0 Å². The number of amides is 1. The van der Waals surface area contributed by atoms with Gasteiger partial charge < -0.3 is 19.5 Å². The Morgan fingerprint density at radius 2 is 1.85 bits per heavy atom. The normalized spacial score (nSPS) is 24.1. The molecule has 0 spiro atoms. The lowest BCUT2D eigenvalue weighted by Gasteiger charge is -2.23. The van der Waals surface area contributed by atoms with Crippen molar-refractivity contribution in [1.82, 2.24) is 9.55 Å². The summed E-state index contributed by atoms with van der Waals surface area (Å²) in [5.74, 6) is -4.50. The number of aromatic nitrogens is 2. The summed E-state index contributed by atoms with van der Waals surface area (Å²) < 4.78 is 30.6. The van der Waals surface area contributed by atoms with Crippen molar-refractivity contribution in [3.63, 3.8) is 0 Å². The summed E-state index contributed by atoms with van der Waals surface area (Å²) in [6.07, 6.45) is -3.85. The Balaban J connectivity index is 2.42. The first-order valence-corrected chi connectivity index (χ1v) is 7.68. The van der Waals surface area contributed by atoms with E-state index in [1.165, 1.54) is 6.92 Å². The quantitative estimate of drug-likeness (QED) is 0.395. The number of hydrogen-bond donors (Lipinski definition) is 1. The van der Waals surface area contributed by atoms with Crippen molar-refractivity contribution in [3.8, 4) is 0 Å². The van der Waals surface area contributed by atoms with E-state index in [-0.39, 0.29) is 6.29 Å². The van der Waals surface area contributed by atoms with E-state index in [4.69, 9.17) is 14.2 Å². The molecule has 0 unspecified atom stereocenters. The fourth-order valence-corrected chi connectivity index (χ4v) is 2.56. The molecule has 1 amide bonds. The summed E-state index contributed by atoms with van der Waals surface area (Å²) in [5.41, 5.74) is -1.06. The van der Waals surface area contributed by atoms with Gasteiger partial charge in [0.2, 0.25) is 6.29 Å². The van der Waals surface area contributed by atoms with Crippen LogP contribution in [0.25, 0.3) is 0 Å². The minimum Gasteiger partial charge on any atom is -0.456 e. The average Bonchev–Trinajstić information content (AvgIpc) is 2.85. The Kier molecular flexibility index (Phi) is 6.00. The van der Waals surface area contributed by atoms with E-state index >= 15 is 0 Å². The molecular weight excluding hydrogens is 369 g/mol. The molecule has 27 heavy (non-hydrogen) atoms. The molecule has 0 bridgehead atoms. The minimum absolute atomic E-state index is 0.116. The highest BCUT2D eigenvalue weighted by atomic mass is 19.1. The third kappa shape index (κ3) is 4.53. The Bertz CT molecular complexity index is 839. The van der Waals surface area contributed by atoms with Crippen LogP contribution < -0.4 is 11.0 Å². The molecular formula is C15H16FN3O8. The monoisotopic (exact) mass is 385 g/mol. The summed E-state index contributed by atoms with van der Waals surface area (Å²) >= 11 is 0. The smallest absolute Gasteiger partial charge is 0.351 e. The van der Waals surface area contributed by atoms with Gasteiger partial charge in [0.05, 0.1) is 12.3 Å². The van der Waals surface area contributed by atoms with Crippen molar-refractivity contribution in [2.75, 3.05) is 5.32 Å². The Labute approximate surface area is 151 Å². The molecule has 0 radical (unpaired) electrons. The number of anilines is 1. The maximum atomic E-state index is 14.2. The standard InChI is InChI=1S/C15H16FN3O8/c1-6-11(26-7(2)21)12(27-8(3)22)14(25-6)19-4-9(16)13(18-15(19)24)17-10(23)5-20/h4-6,11-12,14H,1-3H3,(H,17,18,23,24)/t6-,11-,12-,14-/m1/s1. The third-order valence-electron chi connectivity index (χ3n) is 3.56.